The molecule has 5 nitrogen and oxygen atoms in total. The van der Waals surface area contributed by atoms with Crippen molar-refractivity contribution in [3.8, 4) is 11.1 Å². The van der Waals surface area contributed by atoms with Crippen LogP contribution in [0.4, 0.5) is 5.69 Å². The number of nitrogens with one attached hydrogen (secondary N) is 1. The smallest absolute Gasteiger partial charge is 0.332 e. The highest BCUT2D eigenvalue weighted by atomic mass is 16.6. The molecule has 0 aromatic heterocycles. The van der Waals surface area contributed by atoms with Crippen molar-refractivity contribution < 1.29 is 19.1 Å². The predicted octanol–water partition coefficient (Wildman–Crippen LogP) is 3.26. The van der Waals surface area contributed by atoms with Gasteiger partial charge in [0.05, 0.1) is 0 Å². The molecular weight excluding hydrogens is 306 g/mol. The Morgan fingerprint density at radius 2 is 1.71 bits per heavy atom. The first-order valence-corrected chi connectivity index (χ1v) is 7.84. The van der Waals surface area contributed by atoms with E-state index in [2.05, 4.69) is 5.32 Å². The zero-order chi connectivity index (χ0) is 17.4. The van der Waals surface area contributed by atoms with Gasteiger partial charge in [0.1, 0.15) is 6.61 Å². The molecule has 0 aliphatic carbocycles. The predicted molar refractivity (Wildman–Crippen MR) is 92.6 cm³/mol. The van der Waals surface area contributed by atoms with Gasteiger partial charge >= 0.3 is 5.97 Å². The summed E-state index contributed by atoms with van der Waals surface area (Å²) in [6.45, 7) is 3.57. The van der Waals surface area contributed by atoms with Gasteiger partial charge in [0, 0.05) is 17.9 Å². The molecule has 0 radical (unpaired) electrons. The van der Waals surface area contributed by atoms with Crippen LogP contribution < -0.4 is 5.32 Å². The van der Waals surface area contributed by atoms with Gasteiger partial charge < -0.3 is 14.8 Å². The second kappa shape index (κ2) is 8.84. The van der Waals surface area contributed by atoms with Gasteiger partial charge in [-0.3, -0.25) is 4.79 Å². The van der Waals surface area contributed by atoms with Crippen molar-refractivity contribution >= 4 is 17.6 Å². The molecular formula is C19H21NO4. The van der Waals surface area contributed by atoms with Crippen LogP contribution in [0.3, 0.4) is 0 Å². The first kappa shape index (κ1) is 17.7. The van der Waals surface area contributed by atoms with Crippen LogP contribution in [0, 0.1) is 0 Å². The first-order chi connectivity index (χ1) is 11.6. The van der Waals surface area contributed by atoms with E-state index in [1.54, 1.807) is 6.92 Å². The van der Waals surface area contributed by atoms with Crippen molar-refractivity contribution in [2.45, 2.75) is 20.0 Å². The number of benzene rings is 2. The van der Waals surface area contributed by atoms with E-state index in [0.29, 0.717) is 12.3 Å². The number of hydrogen-bond acceptors (Lipinski definition) is 4. The summed E-state index contributed by atoms with van der Waals surface area (Å²) in [5, 5.41) is 2.81. The van der Waals surface area contributed by atoms with E-state index in [-0.39, 0.29) is 12.5 Å². The van der Waals surface area contributed by atoms with E-state index >= 15 is 0 Å². The normalized spacial score (nSPS) is 11.6. The minimum atomic E-state index is -0.901. The molecule has 0 spiro atoms. The number of anilines is 1. The van der Waals surface area contributed by atoms with Crippen LogP contribution in [0.5, 0.6) is 0 Å². The van der Waals surface area contributed by atoms with Crippen molar-refractivity contribution in [1.82, 2.24) is 0 Å². The van der Waals surface area contributed by atoms with Gasteiger partial charge in [0.15, 0.2) is 6.10 Å². The molecule has 0 saturated heterocycles. The van der Waals surface area contributed by atoms with Crippen LogP contribution >= 0.6 is 0 Å². The molecule has 0 aliphatic heterocycles. The number of amides is 1. The summed E-state index contributed by atoms with van der Waals surface area (Å²) in [6.07, 6.45) is -0.901. The van der Waals surface area contributed by atoms with Gasteiger partial charge in [0.25, 0.3) is 5.91 Å². The Kier molecular flexibility index (Phi) is 6.51. The van der Waals surface area contributed by atoms with Crippen LogP contribution in [0.1, 0.15) is 13.8 Å². The van der Waals surface area contributed by atoms with Crippen LogP contribution in [0.15, 0.2) is 54.6 Å². The maximum atomic E-state index is 12.3. The number of rotatable bonds is 7. The highest BCUT2D eigenvalue weighted by molar-refractivity contribution is 5.98. The molecule has 0 heterocycles. The molecule has 24 heavy (non-hydrogen) atoms. The van der Waals surface area contributed by atoms with Gasteiger partial charge in [-0.25, -0.2) is 4.79 Å². The number of ether oxygens (including phenoxy) is 2. The zero-order valence-electron chi connectivity index (χ0n) is 13.8. The highest BCUT2D eigenvalue weighted by Crippen LogP contribution is 2.27. The third kappa shape index (κ3) is 4.93. The maximum absolute atomic E-state index is 12.3. The SMILES string of the molecule is CCOCC(=O)O[C@@H](C)C(=O)Nc1ccccc1-c1ccccc1. The molecule has 1 atom stereocenters. The van der Waals surface area contributed by atoms with Crippen molar-refractivity contribution in [2.75, 3.05) is 18.5 Å². The molecule has 0 fully saturated rings. The lowest BCUT2D eigenvalue weighted by molar-refractivity contribution is -0.157. The van der Waals surface area contributed by atoms with Crippen molar-refractivity contribution in [3.63, 3.8) is 0 Å². The molecule has 2 rings (SSSR count). The average molecular weight is 327 g/mol. The summed E-state index contributed by atoms with van der Waals surface area (Å²) in [6, 6.07) is 17.2. The highest BCUT2D eigenvalue weighted by Gasteiger charge is 2.19. The molecule has 0 aliphatic rings. The second-order valence-electron chi connectivity index (χ2n) is 5.17. The minimum absolute atomic E-state index is 0.158. The van der Waals surface area contributed by atoms with E-state index in [4.69, 9.17) is 9.47 Å². The largest absolute Gasteiger partial charge is 0.451 e. The number of hydrogen-bond donors (Lipinski definition) is 1. The van der Waals surface area contributed by atoms with Crippen LogP contribution in [-0.2, 0) is 19.1 Å². The average Bonchev–Trinajstić information content (AvgIpc) is 2.61. The Morgan fingerprint density at radius 1 is 1.04 bits per heavy atom. The monoisotopic (exact) mass is 327 g/mol. The van der Waals surface area contributed by atoms with E-state index in [0.717, 1.165) is 11.1 Å². The fourth-order valence-electron chi connectivity index (χ4n) is 2.17. The number of esters is 1. The molecule has 0 saturated carbocycles. The fourth-order valence-corrected chi connectivity index (χ4v) is 2.17. The standard InChI is InChI=1S/C19H21NO4/c1-3-23-13-18(21)24-14(2)19(22)20-17-12-8-7-11-16(17)15-9-5-4-6-10-15/h4-12,14H,3,13H2,1-2H3,(H,20,22)/t14-/m0/s1. The Labute approximate surface area is 141 Å². The Bertz CT molecular complexity index is 685. The lowest BCUT2D eigenvalue weighted by Crippen LogP contribution is -2.31. The van der Waals surface area contributed by atoms with Gasteiger partial charge in [-0.1, -0.05) is 48.5 Å². The van der Waals surface area contributed by atoms with Gasteiger partial charge in [-0.05, 0) is 25.5 Å². The Hall–Kier alpha value is -2.66. The van der Waals surface area contributed by atoms with Crippen LogP contribution in [0.2, 0.25) is 0 Å². The molecule has 126 valence electrons. The molecule has 0 bridgehead atoms. The molecule has 1 N–H and O–H groups in total. The molecule has 0 unspecified atom stereocenters. The fraction of sp³-hybridized carbons (Fsp3) is 0.263. The third-order valence-electron chi connectivity index (χ3n) is 3.37. The molecule has 5 heteroatoms. The lowest BCUT2D eigenvalue weighted by Gasteiger charge is -2.15. The first-order valence-electron chi connectivity index (χ1n) is 7.84. The van der Waals surface area contributed by atoms with Gasteiger partial charge in [-0.2, -0.15) is 0 Å². The summed E-state index contributed by atoms with van der Waals surface area (Å²) in [4.78, 5) is 23.8. The second-order valence-corrected chi connectivity index (χ2v) is 5.17. The minimum Gasteiger partial charge on any atom is -0.451 e. The molecule has 2 aromatic rings. The third-order valence-corrected chi connectivity index (χ3v) is 3.37. The molecule has 1 amide bonds. The quantitative estimate of drug-likeness (QED) is 0.793. The Morgan fingerprint density at radius 3 is 2.42 bits per heavy atom. The van der Waals surface area contributed by atoms with E-state index in [1.807, 2.05) is 54.6 Å². The molecule has 2 aromatic carbocycles. The lowest BCUT2D eigenvalue weighted by atomic mass is 10.0. The van der Waals surface area contributed by atoms with Gasteiger partial charge in [0.2, 0.25) is 0 Å². The maximum Gasteiger partial charge on any atom is 0.332 e. The number of carbonyl (C=O) groups excluding carboxylic acids is 2. The van der Waals surface area contributed by atoms with Crippen LogP contribution in [0.25, 0.3) is 11.1 Å². The van der Waals surface area contributed by atoms with E-state index in [1.165, 1.54) is 6.92 Å². The summed E-state index contributed by atoms with van der Waals surface area (Å²) in [5.41, 5.74) is 2.56. The number of carbonyl (C=O) groups is 2. The van der Waals surface area contributed by atoms with Crippen molar-refractivity contribution in [2.24, 2.45) is 0 Å². The van der Waals surface area contributed by atoms with Crippen molar-refractivity contribution in [3.05, 3.63) is 54.6 Å². The van der Waals surface area contributed by atoms with E-state index in [9.17, 15) is 9.59 Å². The summed E-state index contributed by atoms with van der Waals surface area (Å²) in [7, 11) is 0. The number of para-hydroxylation sites is 1. The Balaban J connectivity index is 2.06. The summed E-state index contributed by atoms with van der Waals surface area (Å²) >= 11 is 0. The topological polar surface area (TPSA) is 64.6 Å². The van der Waals surface area contributed by atoms with E-state index < -0.39 is 12.1 Å². The zero-order valence-corrected chi connectivity index (χ0v) is 13.8. The van der Waals surface area contributed by atoms with Crippen LogP contribution in [-0.4, -0.2) is 31.2 Å². The van der Waals surface area contributed by atoms with Gasteiger partial charge in [-0.15, -0.1) is 0 Å². The summed E-state index contributed by atoms with van der Waals surface area (Å²) < 4.78 is 10.0. The summed E-state index contributed by atoms with van der Waals surface area (Å²) in [5.74, 6) is -0.945. The van der Waals surface area contributed by atoms with Crippen molar-refractivity contribution in [1.29, 1.82) is 0 Å².